The van der Waals surface area contributed by atoms with Gasteiger partial charge in [0, 0.05) is 16.2 Å². The van der Waals surface area contributed by atoms with Gasteiger partial charge in [0.15, 0.2) is 0 Å². The highest BCUT2D eigenvalue weighted by Gasteiger charge is 2.24. The third-order valence-corrected chi connectivity index (χ3v) is 9.71. The molecule has 7 aromatic rings. The summed E-state index contributed by atoms with van der Waals surface area (Å²) in [6.07, 6.45) is 4.47. The zero-order valence-corrected chi connectivity index (χ0v) is 28.1. The van der Waals surface area contributed by atoms with E-state index in [0.29, 0.717) is 0 Å². The fourth-order valence-electron chi connectivity index (χ4n) is 6.68. The standard InChI is InChI=1S/C45H42O/c1-9-33-38(25-28(2)44(3,4)5)42(35-23-21-32(45(6,7)8)27-39(35)41(33)30-16-11-10-12-17-30)31-20-24-40-37(26-31)36-22-19-29-15-13-14-18-34(29)43(36)46-40/h9-27H,1H2,2-8H3/b28-25+. The first-order chi connectivity index (χ1) is 22.0. The molecule has 0 unspecified atom stereocenters. The van der Waals surface area contributed by atoms with Crippen LogP contribution >= 0.6 is 0 Å². The van der Waals surface area contributed by atoms with E-state index in [1.165, 1.54) is 55.1 Å². The second-order valence-corrected chi connectivity index (χ2v) is 14.7. The molecule has 0 aliphatic carbocycles. The summed E-state index contributed by atoms with van der Waals surface area (Å²) in [4.78, 5) is 0. The van der Waals surface area contributed by atoms with Crippen LogP contribution in [-0.2, 0) is 5.41 Å². The van der Waals surface area contributed by atoms with Crippen LogP contribution in [0.15, 0.2) is 120 Å². The average molecular weight is 599 g/mol. The van der Waals surface area contributed by atoms with E-state index in [1.807, 2.05) is 0 Å². The lowest BCUT2D eigenvalue weighted by Crippen LogP contribution is -2.11. The Morgan fingerprint density at radius 2 is 1.30 bits per heavy atom. The lowest BCUT2D eigenvalue weighted by Gasteiger charge is -2.26. The molecule has 0 fully saturated rings. The van der Waals surface area contributed by atoms with E-state index in [0.717, 1.165) is 32.9 Å². The van der Waals surface area contributed by atoms with E-state index in [-0.39, 0.29) is 10.8 Å². The zero-order chi connectivity index (χ0) is 32.4. The predicted molar refractivity (Wildman–Crippen MR) is 202 cm³/mol. The zero-order valence-electron chi connectivity index (χ0n) is 28.1. The fourth-order valence-corrected chi connectivity index (χ4v) is 6.68. The van der Waals surface area contributed by atoms with Gasteiger partial charge in [0.25, 0.3) is 0 Å². The van der Waals surface area contributed by atoms with Crippen LogP contribution in [0.1, 0.15) is 65.2 Å². The van der Waals surface area contributed by atoms with Gasteiger partial charge in [-0.05, 0) is 97.1 Å². The number of hydrogen-bond acceptors (Lipinski definition) is 1. The van der Waals surface area contributed by atoms with E-state index < -0.39 is 0 Å². The summed E-state index contributed by atoms with van der Waals surface area (Å²) in [5.41, 5.74) is 11.7. The van der Waals surface area contributed by atoms with Crippen LogP contribution in [0.4, 0.5) is 0 Å². The molecule has 1 heteroatoms. The maximum Gasteiger partial charge on any atom is 0.143 e. The molecule has 1 aromatic heterocycles. The van der Waals surface area contributed by atoms with Crippen LogP contribution in [0.3, 0.4) is 0 Å². The average Bonchev–Trinajstić information content (AvgIpc) is 3.42. The quantitative estimate of drug-likeness (QED) is 0.196. The third kappa shape index (κ3) is 4.95. The number of hydrogen-bond donors (Lipinski definition) is 0. The molecular weight excluding hydrogens is 556 g/mol. The minimum absolute atomic E-state index is 0.00937. The van der Waals surface area contributed by atoms with Crippen molar-refractivity contribution in [2.24, 2.45) is 5.41 Å². The van der Waals surface area contributed by atoms with Crippen LogP contribution < -0.4 is 0 Å². The summed E-state index contributed by atoms with van der Waals surface area (Å²) in [6.45, 7) is 20.4. The number of fused-ring (bicyclic) bond motifs is 6. The first-order valence-corrected chi connectivity index (χ1v) is 16.3. The number of allylic oxidation sites excluding steroid dienone is 1. The van der Waals surface area contributed by atoms with Crippen molar-refractivity contribution in [2.75, 3.05) is 0 Å². The predicted octanol–water partition coefficient (Wildman–Crippen LogP) is 13.6. The van der Waals surface area contributed by atoms with Crippen LogP contribution in [0, 0.1) is 5.41 Å². The van der Waals surface area contributed by atoms with Crippen molar-refractivity contribution in [3.05, 3.63) is 132 Å². The Morgan fingerprint density at radius 3 is 2.02 bits per heavy atom. The van der Waals surface area contributed by atoms with Gasteiger partial charge in [-0.2, -0.15) is 0 Å². The van der Waals surface area contributed by atoms with Gasteiger partial charge >= 0.3 is 0 Å². The Hall–Kier alpha value is -4.88. The number of furan rings is 1. The molecule has 0 amide bonds. The Balaban J connectivity index is 1.64. The first kappa shape index (κ1) is 29.8. The van der Waals surface area contributed by atoms with Crippen LogP contribution in [-0.4, -0.2) is 0 Å². The molecule has 1 heterocycles. The van der Waals surface area contributed by atoms with Gasteiger partial charge in [0.1, 0.15) is 11.2 Å². The Bertz CT molecular complexity index is 2330. The van der Waals surface area contributed by atoms with Crippen molar-refractivity contribution in [1.29, 1.82) is 0 Å². The topological polar surface area (TPSA) is 13.1 Å². The van der Waals surface area contributed by atoms with Crippen LogP contribution in [0.5, 0.6) is 0 Å². The summed E-state index contributed by atoms with van der Waals surface area (Å²) in [7, 11) is 0. The molecule has 1 nitrogen and oxygen atoms in total. The normalized spacial score (nSPS) is 12.9. The van der Waals surface area contributed by atoms with E-state index in [4.69, 9.17) is 4.42 Å². The number of benzene rings is 6. The molecule has 7 rings (SSSR count). The van der Waals surface area contributed by atoms with Gasteiger partial charge < -0.3 is 4.42 Å². The van der Waals surface area contributed by atoms with E-state index in [2.05, 4.69) is 170 Å². The molecule has 6 aromatic carbocycles. The van der Waals surface area contributed by atoms with Crippen LogP contribution in [0.25, 0.3) is 77.9 Å². The number of rotatable bonds is 4. The molecule has 0 aliphatic heterocycles. The van der Waals surface area contributed by atoms with E-state index in [1.54, 1.807) is 0 Å². The van der Waals surface area contributed by atoms with Gasteiger partial charge in [0.05, 0.1) is 0 Å². The summed E-state index contributed by atoms with van der Waals surface area (Å²) in [5.74, 6) is 0. The summed E-state index contributed by atoms with van der Waals surface area (Å²) < 4.78 is 6.53. The highest BCUT2D eigenvalue weighted by molar-refractivity contribution is 6.17. The third-order valence-electron chi connectivity index (χ3n) is 9.71. The van der Waals surface area contributed by atoms with Crippen molar-refractivity contribution in [1.82, 2.24) is 0 Å². The molecule has 0 radical (unpaired) electrons. The van der Waals surface area contributed by atoms with Gasteiger partial charge in [-0.3, -0.25) is 0 Å². The maximum atomic E-state index is 6.53. The highest BCUT2D eigenvalue weighted by Crippen LogP contribution is 2.47. The van der Waals surface area contributed by atoms with E-state index >= 15 is 0 Å². The molecule has 0 N–H and O–H groups in total. The molecule has 0 saturated heterocycles. The minimum Gasteiger partial charge on any atom is -0.455 e. The Labute approximate surface area is 272 Å². The molecule has 0 spiro atoms. The highest BCUT2D eigenvalue weighted by atomic mass is 16.3. The minimum atomic E-state index is 0.00937. The lowest BCUT2D eigenvalue weighted by atomic mass is 9.78. The van der Waals surface area contributed by atoms with Crippen molar-refractivity contribution in [3.63, 3.8) is 0 Å². The van der Waals surface area contributed by atoms with Crippen molar-refractivity contribution < 1.29 is 4.42 Å². The molecule has 228 valence electrons. The lowest BCUT2D eigenvalue weighted by molar-refractivity contribution is 0.508. The largest absolute Gasteiger partial charge is 0.455 e. The first-order valence-electron chi connectivity index (χ1n) is 16.3. The van der Waals surface area contributed by atoms with Crippen molar-refractivity contribution >= 4 is 55.6 Å². The second kappa shape index (κ2) is 10.9. The monoisotopic (exact) mass is 598 g/mol. The fraction of sp³-hybridized carbons (Fsp3) is 0.200. The SMILES string of the molecule is C=Cc1c(/C=C(\C)C(C)(C)C)c(-c2ccc3oc4c5ccccc5ccc4c3c2)c2ccc(C(C)(C)C)cc2c1-c1ccccc1. The molecule has 0 aliphatic rings. The molecule has 46 heavy (non-hydrogen) atoms. The summed E-state index contributed by atoms with van der Waals surface area (Å²) in [5, 5.41) is 7.09. The molecule has 0 bridgehead atoms. The Kier molecular flexibility index (Phi) is 7.05. The maximum absolute atomic E-state index is 6.53. The summed E-state index contributed by atoms with van der Waals surface area (Å²) in [6, 6.07) is 37.5. The van der Waals surface area contributed by atoms with E-state index in [9.17, 15) is 0 Å². The Morgan fingerprint density at radius 1 is 0.609 bits per heavy atom. The van der Waals surface area contributed by atoms with Gasteiger partial charge in [-0.15, -0.1) is 0 Å². The molecular formula is C45H42O. The van der Waals surface area contributed by atoms with Gasteiger partial charge in [-0.1, -0.05) is 145 Å². The van der Waals surface area contributed by atoms with Gasteiger partial charge in [0.2, 0.25) is 0 Å². The summed E-state index contributed by atoms with van der Waals surface area (Å²) >= 11 is 0. The molecule has 0 saturated carbocycles. The van der Waals surface area contributed by atoms with Crippen LogP contribution in [0.2, 0.25) is 0 Å². The van der Waals surface area contributed by atoms with Crippen molar-refractivity contribution in [3.8, 4) is 22.3 Å². The smallest absolute Gasteiger partial charge is 0.143 e. The van der Waals surface area contributed by atoms with Gasteiger partial charge in [-0.25, -0.2) is 0 Å². The second-order valence-electron chi connectivity index (χ2n) is 14.7. The van der Waals surface area contributed by atoms with Crippen molar-refractivity contribution in [2.45, 2.75) is 53.9 Å². The molecule has 0 atom stereocenters.